The Morgan fingerprint density at radius 2 is 1.67 bits per heavy atom. The van der Waals surface area contributed by atoms with Crippen molar-refractivity contribution in [2.24, 2.45) is 5.73 Å². The van der Waals surface area contributed by atoms with Crippen LogP contribution in [0.3, 0.4) is 0 Å². The van der Waals surface area contributed by atoms with Gasteiger partial charge in [0.2, 0.25) is 5.91 Å². The minimum atomic E-state index is -4.73. The van der Waals surface area contributed by atoms with E-state index in [0.29, 0.717) is 0 Å². The van der Waals surface area contributed by atoms with E-state index in [1.807, 2.05) is 0 Å². The molecule has 0 atom stereocenters. The van der Waals surface area contributed by atoms with E-state index in [9.17, 15) is 18.0 Å². The van der Waals surface area contributed by atoms with E-state index < -0.39 is 12.3 Å². The number of alkyl halides is 3. The van der Waals surface area contributed by atoms with Crippen molar-refractivity contribution in [3.8, 4) is 5.75 Å². The first-order valence-corrected chi connectivity index (χ1v) is 3.54. The Balaban J connectivity index is 0.00000196. The summed E-state index contributed by atoms with van der Waals surface area (Å²) in [6.45, 7) is 0. The van der Waals surface area contributed by atoms with Gasteiger partial charge in [0.05, 0.1) is 0 Å². The van der Waals surface area contributed by atoms with Gasteiger partial charge in [-0.25, -0.2) is 0 Å². The van der Waals surface area contributed by atoms with Gasteiger partial charge in [-0.3, -0.25) is 4.79 Å². The molecule has 1 aromatic rings. The maximum Gasteiger partial charge on any atom is 0.573 e. The maximum absolute atomic E-state index is 11.7. The molecule has 0 saturated carbocycles. The number of hydrogen-bond acceptors (Lipinski definition) is 2. The van der Waals surface area contributed by atoms with Gasteiger partial charge in [0.15, 0.2) is 0 Å². The predicted octanol–water partition coefficient (Wildman–Crippen LogP) is 2.26. The minimum Gasteiger partial charge on any atom is -0.406 e. The van der Waals surface area contributed by atoms with Gasteiger partial charge in [-0.2, -0.15) is 0 Å². The van der Waals surface area contributed by atoms with Crippen LogP contribution >= 0.6 is 17.0 Å². The van der Waals surface area contributed by atoms with Gasteiger partial charge >= 0.3 is 6.36 Å². The normalized spacial score (nSPS) is 10.3. The van der Waals surface area contributed by atoms with Gasteiger partial charge in [-0.15, -0.1) is 30.2 Å². The number of ether oxygens (including phenoxy) is 1. The van der Waals surface area contributed by atoms with Crippen molar-refractivity contribution in [1.82, 2.24) is 0 Å². The standard InChI is InChI=1S/C8H6F3NO2.BrH/c9-8(10,11)14-6-3-1-5(2-4-6)7(12)13;/h1-4H,(H2,12,13);1H. The fourth-order valence-electron chi connectivity index (χ4n) is 0.821. The summed E-state index contributed by atoms with van der Waals surface area (Å²) >= 11 is 0. The third-order valence-corrected chi connectivity index (χ3v) is 1.37. The lowest BCUT2D eigenvalue weighted by Crippen LogP contribution is -2.17. The zero-order chi connectivity index (χ0) is 10.8. The summed E-state index contributed by atoms with van der Waals surface area (Å²) in [5.41, 5.74) is 5.01. The lowest BCUT2D eigenvalue weighted by atomic mass is 10.2. The first-order valence-electron chi connectivity index (χ1n) is 3.54. The van der Waals surface area contributed by atoms with Crippen LogP contribution in [-0.2, 0) is 0 Å². The molecule has 7 heteroatoms. The lowest BCUT2D eigenvalue weighted by molar-refractivity contribution is -0.274. The second kappa shape index (κ2) is 5.01. The highest BCUT2D eigenvalue weighted by Crippen LogP contribution is 2.22. The molecule has 0 aromatic heterocycles. The average Bonchev–Trinajstić information content (AvgIpc) is 2.02. The fourth-order valence-corrected chi connectivity index (χ4v) is 0.821. The van der Waals surface area contributed by atoms with Crippen molar-refractivity contribution >= 4 is 22.9 Å². The van der Waals surface area contributed by atoms with Gasteiger partial charge in [0.25, 0.3) is 0 Å². The molecule has 0 aliphatic rings. The van der Waals surface area contributed by atoms with Crippen molar-refractivity contribution in [2.75, 3.05) is 0 Å². The van der Waals surface area contributed by atoms with Crippen molar-refractivity contribution < 1.29 is 22.7 Å². The Labute approximate surface area is 93.8 Å². The molecule has 2 N–H and O–H groups in total. The van der Waals surface area contributed by atoms with Crippen LogP contribution in [0.5, 0.6) is 5.75 Å². The molecule has 1 amide bonds. The highest BCUT2D eigenvalue weighted by atomic mass is 79.9. The third-order valence-electron chi connectivity index (χ3n) is 1.37. The first-order chi connectivity index (χ1) is 6.38. The average molecular weight is 286 g/mol. The summed E-state index contributed by atoms with van der Waals surface area (Å²) in [6, 6.07) is 4.36. The van der Waals surface area contributed by atoms with Gasteiger partial charge < -0.3 is 10.5 Å². The predicted molar refractivity (Wildman–Crippen MR) is 52.0 cm³/mol. The van der Waals surface area contributed by atoms with E-state index in [1.165, 1.54) is 0 Å². The van der Waals surface area contributed by atoms with Gasteiger partial charge in [0.1, 0.15) is 5.75 Å². The highest BCUT2D eigenvalue weighted by molar-refractivity contribution is 8.93. The Hall–Kier alpha value is -1.24. The quantitative estimate of drug-likeness (QED) is 0.906. The molecule has 1 rings (SSSR count). The number of benzene rings is 1. The Kier molecular flexibility index (Phi) is 4.60. The Morgan fingerprint density at radius 3 is 2.00 bits per heavy atom. The molecule has 0 fully saturated rings. The number of primary amides is 1. The van der Waals surface area contributed by atoms with Crippen molar-refractivity contribution in [2.45, 2.75) is 6.36 Å². The highest BCUT2D eigenvalue weighted by Gasteiger charge is 2.30. The molecule has 0 aliphatic carbocycles. The molecule has 15 heavy (non-hydrogen) atoms. The van der Waals surface area contributed by atoms with E-state index in [0.717, 1.165) is 24.3 Å². The monoisotopic (exact) mass is 285 g/mol. The molecule has 0 radical (unpaired) electrons. The number of hydrogen-bond donors (Lipinski definition) is 1. The van der Waals surface area contributed by atoms with E-state index in [2.05, 4.69) is 4.74 Å². The smallest absolute Gasteiger partial charge is 0.406 e. The zero-order valence-electron chi connectivity index (χ0n) is 7.25. The molecule has 1 aromatic carbocycles. The summed E-state index contributed by atoms with van der Waals surface area (Å²) in [7, 11) is 0. The molecule has 3 nitrogen and oxygen atoms in total. The molecule has 0 heterocycles. The van der Waals surface area contributed by atoms with Crippen LogP contribution < -0.4 is 10.5 Å². The van der Waals surface area contributed by atoms with E-state index in [4.69, 9.17) is 5.73 Å². The number of rotatable bonds is 2. The number of carbonyl (C=O) groups is 1. The van der Waals surface area contributed by atoms with E-state index >= 15 is 0 Å². The van der Waals surface area contributed by atoms with E-state index in [1.54, 1.807) is 0 Å². The van der Waals surface area contributed by atoms with Gasteiger partial charge in [-0.1, -0.05) is 0 Å². The number of nitrogens with two attached hydrogens (primary N) is 1. The van der Waals surface area contributed by atoms with Crippen molar-refractivity contribution in [3.05, 3.63) is 29.8 Å². The first kappa shape index (κ1) is 13.8. The third kappa shape index (κ3) is 4.68. The van der Waals surface area contributed by atoms with Gasteiger partial charge in [-0.05, 0) is 24.3 Å². The summed E-state index contributed by atoms with van der Waals surface area (Å²) in [5.74, 6) is -1.09. The van der Waals surface area contributed by atoms with Crippen LogP contribution in [0.2, 0.25) is 0 Å². The van der Waals surface area contributed by atoms with Crippen molar-refractivity contribution in [1.29, 1.82) is 0 Å². The topological polar surface area (TPSA) is 52.3 Å². The summed E-state index contributed by atoms with van der Waals surface area (Å²) in [5, 5.41) is 0. The molecule has 0 spiro atoms. The van der Waals surface area contributed by atoms with Crippen molar-refractivity contribution in [3.63, 3.8) is 0 Å². The summed E-state index contributed by atoms with van der Waals surface area (Å²) in [6.07, 6.45) is -4.73. The van der Waals surface area contributed by atoms with Crippen LogP contribution in [0.25, 0.3) is 0 Å². The molecule has 84 valence electrons. The largest absolute Gasteiger partial charge is 0.573 e. The SMILES string of the molecule is Br.NC(=O)c1ccc(OC(F)(F)F)cc1. The number of halogens is 4. The summed E-state index contributed by atoms with van der Waals surface area (Å²) < 4.78 is 38.6. The Morgan fingerprint density at radius 1 is 1.20 bits per heavy atom. The second-order valence-corrected chi connectivity index (χ2v) is 2.44. The zero-order valence-corrected chi connectivity index (χ0v) is 8.96. The van der Waals surface area contributed by atoms with Crippen LogP contribution in [0.15, 0.2) is 24.3 Å². The molecular formula is C8H7BrF3NO2. The molecule has 0 unspecified atom stereocenters. The van der Waals surface area contributed by atoms with Crippen LogP contribution in [-0.4, -0.2) is 12.3 Å². The molecular weight excluding hydrogens is 279 g/mol. The summed E-state index contributed by atoms with van der Waals surface area (Å²) in [4.78, 5) is 10.6. The lowest BCUT2D eigenvalue weighted by Gasteiger charge is -2.08. The Bertz CT molecular complexity index is 337. The number of carbonyl (C=O) groups excluding carboxylic acids is 1. The van der Waals surface area contributed by atoms with Crippen LogP contribution in [0.4, 0.5) is 13.2 Å². The fraction of sp³-hybridized carbons (Fsp3) is 0.125. The molecule has 0 aliphatic heterocycles. The molecule has 0 saturated heterocycles. The number of amides is 1. The van der Waals surface area contributed by atoms with Gasteiger partial charge in [0, 0.05) is 5.56 Å². The minimum absolute atomic E-state index is 0. The van der Waals surface area contributed by atoms with Crippen LogP contribution in [0, 0.1) is 0 Å². The maximum atomic E-state index is 11.7. The van der Waals surface area contributed by atoms with E-state index in [-0.39, 0.29) is 28.3 Å². The van der Waals surface area contributed by atoms with Crippen LogP contribution in [0.1, 0.15) is 10.4 Å². The molecule has 0 bridgehead atoms. The second-order valence-electron chi connectivity index (χ2n) is 2.44.